The normalized spacial score (nSPS) is 12.3. The van der Waals surface area contributed by atoms with E-state index in [0.717, 1.165) is 22.7 Å². The van der Waals surface area contributed by atoms with Crippen molar-refractivity contribution in [1.29, 1.82) is 0 Å². The minimum Gasteiger partial charge on any atom is -0.315 e. The molecule has 3 rings (SSSR count). The summed E-state index contributed by atoms with van der Waals surface area (Å²) in [6, 6.07) is 14.2. The smallest absolute Gasteiger partial charge is 0.272 e. The highest BCUT2D eigenvalue weighted by molar-refractivity contribution is 7.98. The standard InChI is InChI=1S/C21H22N2OS2/c1-15-13-16(2)20-18(14-15)23(11-12-25-3)21(26-20)22-19(24)10-9-17-7-5-4-6-8-17/h4-10,13-14H,11-12H2,1-3H3/b10-9+,22-21?. The highest BCUT2D eigenvalue weighted by atomic mass is 32.2. The molecule has 0 bridgehead atoms. The summed E-state index contributed by atoms with van der Waals surface area (Å²) in [4.78, 5) is 17.5. The Hall–Kier alpha value is -2.11. The van der Waals surface area contributed by atoms with Crippen LogP contribution in [0.15, 0.2) is 53.5 Å². The number of hydrogen-bond acceptors (Lipinski definition) is 3. The third-order valence-corrected chi connectivity index (χ3v) is 5.88. The van der Waals surface area contributed by atoms with Gasteiger partial charge in [-0.1, -0.05) is 47.7 Å². The van der Waals surface area contributed by atoms with E-state index in [0.29, 0.717) is 0 Å². The predicted octanol–water partition coefficient (Wildman–Crippen LogP) is 4.82. The van der Waals surface area contributed by atoms with Gasteiger partial charge in [0.1, 0.15) is 0 Å². The van der Waals surface area contributed by atoms with Crippen molar-refractivity contribution in [3.63, 3.8) is 0 Å². The molecule has 0 aliphatic rings. The maximum Gasteiger partial charge on any atom is 0.272 e. The summed E-state index contributed by atoms with van der Waals surface area (Å²) in [5.41, 5.74) is 4.62. The molecular formula is C21H22N2OS2. The Morgan fingerprint density at radius 3 is 2.73 bits per heavy atom. The molecule has 0 N–H and O–H groups in total. The van der Waals surface area contributed by atoms with E-state index in [1.807, 2.05) is 30.3 Å². The van der Waals surface area contributed by atoms with Gasteiger partial charge in [0.25, 0.3) is 5.91 Å². The van der Waals surface area contributed by atoms with Crippen molar-refractivity contribution >= 4 is 45.3 Å². The number of benzene rings is 2. The van der Waals surface area contributed by atoms with Crippen LogP contribution in [0.25, 0.3) is 16.3 Å². The number of carbonyl (C=O) groups is 1. The van der Waals surface area contributed by atoms with Gasteiger partial charge in [0.2, 0.25) is 0 Å². The summed E-state index contributed by atoms with van der Waals surface area (Å²) < 4.78 is 3.38. The van der Waals surface area contributed by atoms with Crippen molar-refractivity contribution in [1.82, 2.24) is 4.57 Å². The molecule has 0 fully saturated rings. The zero-order chi connectivity index (χ0) is 18.5. The molecule has 5 heteroatoms. The van der Waals surface area contributed by atoms with E-state index in [1.54, 1.807) is 29.2 Å². The first kappa shape index (κ1) is 18.7. The van der Waals surface area contributed by atoms with Crippen LogP contribution in [0.4, 0.5) is 0 Å². The number of aromatic nitrogens is 1. The van der Waals surface area contributed by atoms with Crippen LogP contribution in [0.2, 0.25) is 0 Å². The van der Waals surface area contributed by atoms with Crippen LogP contribution >= 0.6 is 23.1 Å². The van der Waals surface area contributed by atoms with Crippen LogP contribution in [0.1, 0.15) is 16.7 Å². The van der Waals surface area contributed by atoms with E-state index < -0.39 is 0 Å². The molecule has 134 valence electrons. The molecule has 0 radical (unpaired) electrons. The van der Waals surface area contributed by atoms with Crippen LogP contribution in [-0.2, 0) is 11.3 Å². The molecule has 0 aliphatic carbocycles. The molecule has 1 amide bonds. The summed E-state index contributed by atoms with van der Waals surface area (Å²) in [5.74, 6) is 0.757. The van der Waals surface area contributed by atoms with Crippen molar-refractivity contribution in [2.45, 2.75) is 20.4 Å². The first-order chi connectivity index (χ1) is 12.6. The van der Waals surface area contributed by atoms with E-state index in [4.69, 9.17) is 0 Å². The molecule has 0 aliphatic heterocycles. The van der Waals surface area contributed by atoms with Gasteiger partial charge < -0.3 is 4.57 Å². The minimum atomic E-state index is -0.229. The SMILES string of the molecule is CSCCn1c(=NC(=O)/C=C/c2ccccc2)sc2c(C)cc(C)cc21. The van der Waals surface area contributed by atoms with Crippen molar-refractivity contribution in [2.24, 2.45) is 4.99 Å². The summed E-state index contributed by atoms with van der Waals surface area (Å²) in [5, 5.41) is 0. The van der Waals surface area contributed by atoms with E-state index in [-0.39, 0.29) is 5.91 Å². The van der Waals surface area contributed by atoms with Crippen molar-refractivity contribution in [3.05, 3.63) is 70.0 Å². The number of thioether (sulfide) groups is 1. The highest BCUT2D eigenvalue weighted by Gasteiger charge is 2.10. The average molecular weight is 383 g/mol. The lowest BCUT2D eigenvalue weighted by molar-refractivity contribution is -0.113. The Balaban J connectivity index is 2.02. The highest BCUT2D eigenvalue weighted by Crippen LogP contribution is 2.23. The maximum absolute atomic E-state index is 12.4. The van der Waals surface area contributed by atoms with Gasteiger partial charge in [-0.05, 0) is 48.9 Å². The Morgan fingerprint density at radius 1 is 1.23 bits per heavy atom. The van der Waals surface area contributed by atoms with E-state index in [1.165, 1.54) is 27.4 Å². The summed E-state index contributed by atoms with van der Waals surface area (Å²) in [7, 11) is 0. The number of amides is 1. The van der Waals surface area contributed by atoms with Crippen LogP contribution in [0.3, 0.4) is 0 Å². The number of carbonyl (C=O) groups excluding carboxylic acids is 1. The number of hydrogen-bond donors (Lipinski definition) is 0. The zero-order valence-corrected chi connectivity index (χ0v) is 16.9. The molecular weight excluding hydrogens is 360 g/mol. The molecule has 0 spiro atoms. The second kappa shape index (κ2) is 8.52. The number of rotatable bonds is 5. The van der Waals surface area contributed by atoms with Gasteiger partial charge in [-0.25, -0.2) is 0 Å². The lowest BCUT2D eigenvalue weighted by Gasteiger charge is -2.05. The lowest BCUT2D eigenvalue weighted by Crippen LogP contribution is -2.17. The largest absolute Gasteiger partial charge is 0.315 e. The van der Waals surface area contributed by atoms with Gasteiger partial charge in [0, 0.05) is 18.4 Å². The number of fused-ring (bicyclic) bond motifs is 1. The molecule has 1 heterocycles. The third-order valence-electron chi connectivity index (χ3n) is 4.06. The molecule has 0 atom stereocenters. The van der Waals surface area contributed by atoms with E-state index in [9.17, 15) is 4.79 Å². The lowest BCUT2D eigenvalue weighted by atomic mass is 10.1. The van der Waals surface area contributed by atoms with E-state index >= 15 is 0 Å². The molecule has 0 saturated heterocycles. The van der Waals surface area contributed by atoms with Gasteiger partial charge in [-0.3, -0.25) is 4.79 Å². The Morgan fingerprint density at radius 2 is 2.00 bits per heavy atom. The monoisotopic (exact) mass is 382 g/mol. The quantitative estimate of drug-likeness (QED) is 0.593. The molecule has 26 heavy (non-hydrogen) atoms. The third kappa shape index (κ3) is 4.34. The van der Waals surface area contributed by atoms with Crippen LogP contribution in [0, 0.1) is 13.8 Å². The van der Waals surface area contributed by atoms with Crippen molar-refractivity contribution in [3.8, 4) is 0 Å². The van der Waals surface area contributed by atoms with Crippen LogP contribution < -0.4 is 4.80 Å². The first-order valence-corrected chi connectivity index (χ1v) is 10.7. The number of nitrogens with zero attached hydrogens (tertiary/aromatic N) is 2. The molecule has 1 aromatic heterocycles. The molecule has 0 saturated carbocycles. The van der Waals surface area contributed by atoms with Crippen molar-refractivity contribution in [2.75, 3.05) is 12.0 Å². The van der Waals surface area contributed by atoms with Crippen LogP contribution in [0.5, 0.6) is 0 Å². The Bertz CT molecular complexity index is 1010. The zero-order valence-electron chi connectivity index (χ0n) is 15.2. The fraction of sp³-hybridized carbons (Fsp3) is 0.238. The van der Waals surface area contributed by atoms with Crippen molar-refractivity contribution < 1.29 is 4.79 Å². The Kier molecular flexibility index (Phi) is 6.12. The molecule has 3 aromatic rings. The van der Waals surface area contributed by atoms with Gasteiger partial charge in [-0.2, -0.15) is 16.8 Å². The summed E-state index contributed by atoms with van der Waals surface area (Å²) >= 11 is 3.39. The van der Waals surface area contributed by atoms with Crippen LogP contribution in [-0.4, -0.2) is 22.5 Å². The second-order valence-corrected chi connectivity index (χ2v) is 8.12. The predicted molar refractivity (Wildman–Crippen MR) is 114 cm³/mol. The first-order valence-electron chi connectivity index (χ1n) is 8.50. The summed E-state index contributed by atoms with van der Waals surface area (Å²) in [6.07, 6.45) is 5.44. The molecule has 0 unspecified atom stereocenters. The van der Waals surface area contributed by atoms with Gasteiger partial charge >= 0.3 is 0 Å². The number of thiazole rings is 1. The van der Waals surface area contributed by atoms with E-state index in [2.05, 4.69) is 41.8 Å². The van der Waals surface area contributed by atoms with Gasteiger partial charge in [-0.15, -0.1) is 0 Å². The summed E-state index contributed by atoms with van der Waals surface area (Å²) in [6.45, 7) is 5.07. The van der Waals surface area contributed by atoms with Gasteiger partial charge in [0.15, 0.2) is 4.80 Å². The topological polar surface area (TPSA) is 34.4 Å². The number of aryl methyl sites for hydroxylation is 3. The van der Waals surface area contributed by atoms with Gasteiger partial charge in [0.05, 0.1) is 10.2 Å². The average Bonchev–Trinajstić information content (AvgIpc) is 2.96. The minimum absolute atomic E-state index is 0.229. The maximum atomic E-state index is 12.4. The molecule has 3 nitrogen and oxygen atoms in total. The fourth-order valence-corrected chi connectivity index (χ4v) is 4.34. The molecule has 2 aromatic carbocycles. The fourth-order valence-electron chi connectivity index (χ4n) is 2.86. The second-order valence-electron chi connectivity index (χ2n) is 6.15. The Labute approximate surface area is 162 Å².